The average Bonchev–Trinajstić information content (AvgIpc) is 3.85. The standard InChI is InChI=1S/C34H71NO7Si3/c1-14-43(15-2,16-3)40-27(11)26(10)32-30(39-32)23-28-25-38-29(24-31(36)35(12)37-13)34(42-45(20-7,21-8)22-9)33(28)41-44(17-4,18-5)19-6/h26-30,32-34H,14-25H2,1-13H3/t26-,27+,28+,29+,30+,32+,33-,34-/m1/s1. The summed E-state index contributed by atoms with van der Waals surface area (Å²) in [5, 5.41) is 1.30. The lowest BCUT2D eigenvalue weighted by Crippen LogP contribution is -2.60. The molecule has 2 rings (SSSR count). The largest absolute Gasteiger partial charge is 0.414 e. The fourth-order valence-corrected chi connectivity index (χ4v) is 16.2. The highest BCUT2D eigenvalue weighted by Gasteiger charge is 2.53. The maximum absolute atomic E-state index is 13.2. The lowest BCUT2D eigenvalue weighted by Gasteiger charge is -2.49. The molecule has 0 bridgehead atoms. The van der Waals surface area contributed by atoms with Gasteiger partial charge < -0.3 is 22.8 Å². The fourth-order valence-electron chi connectivity index (χ4n) is 7.46. The van der Waals surface area contributed by atoms with Crippen molar-refractivity contribution >= 4 is 30.9 Å². The molecule has 0 spiro atoms. The molecule has 0 aromatic heterocycles. The second-order valence-electron chi connectivity index (χ2n) is 13.9. The van der Waals surface area contributed by atoms with Gasteiger partial charge in [-0.3, -0.25) is 9.63 Å². The summed E-state index contributed by atoms with van der Waals surface area (Å²) >= 11 is 0. The second-order valence-corrected chi connectivity index (χ2v) is 28.0. The Morgan fingerprint density at radius 2 is 1.22 bits per heavy atom. The molecule has 2 fully saturated rings. The molecule has 0 aliphatic carbocycles. The smallest absolute Gasteiger partial charge is 0.248 e. The molecule has 266 valence electrons. The molecule has 2 aliphatic rings. The molecule has 0 N–H and O–H groups in total. The van der Waals surface area contributed by atoms with E-state index in [0.29, 0.717) is 12.5 Å². The normalized spacial score (nSPS) is 27.3. The van der Waals surface area contributed by atoms with Gasteiger partial charge in [0, 0.05) is 25.0 Å². The van der Waals surface area contributed by atoms with Crippen molar-refractivity contribution in [2.24, 2.45) is 11.8 Å². The number of nitrogens with zero attached hydrogens (tertiary/aromatic N) is 1. The number of carbonyl (C=O) groups excluding carboxylic acids is 1. The van der Waals surface area contributed by atoms with Crippen molar-refractivity contribution in [3.63, 3.8) is 0 Å². The van der Waals surface area contributed by atoms with E-state index in [1.165, 1.54) is 12.2 Å². The minimum Gasteiger partial charge on any atom is -0.414 e. The molecule has 8 atom stereocenters. The molecule has 45 heavy (non-hydrogen) atoms. The molecule has 0 aromatic rings. The molecule has 11 heteroatoms. The minimum absolute atomic E-state index is 0.102. The van der Waals surface area contributed by atoms with E-state index < -0.39 is 25.0 Å². The molecule has 0 saturated carbocycles. The van der Waals surface area contributed by atoms with Gasteiger partial charge in [-0.05, 0) is 67.7 Å². The summed E-state index contributed by atoms with van der Waals surface area (Å²) in [7, 11) is -2.59. The molecule has 1 amide bonds. The lowest BCUT2D eigenvalue weighted by atomic mass is 9.86. The van der Waals surface area contributed by atoms with Gasteiger partial charge in [-0.2, -0.15) is 0 Å². The summed E-state index contributed by atoms with van der Waals surface area (Å²) in [6.45, 7) is 25.6. The van der Waals surface area contributed by atoms with Gasteiger partial charge in [-0.1, -0.05) is 69.2 Å². The van der Waals surface area contributed by atoms with Crippen molar-refractivity contribution in [1.29, 1.82) is 0 Å². The van der Waals surface area contributed by atoms with Crippen LogP contribution in [0.1, 0.15) is 89.0 Å². The predicted molar refractivity (Wildman–Crippen MR) is 192 cm³/mol. The zero-order valence-corrected chi connectivity index (χ0v) is 34.4. The van der Waals surface area contributed by atoms with Crippen LogP contribution in [-0.4, -0.2) is 93.3 Å². The predicted octanol–water partition coefficient (Wildman–Crippen LogP) is 8.40. The quantitative estimate of drug-likeness (QED) is 0.0642. The summed E-state index contributed by atoms with van der Waals surface area (Å²) in [5.41, 5.74) is 0. The van der Waals surface area contributed by atoms with E-state index in [-0.39, 0.29) is 54.9 Å². The van der Waals surface area contributed by atoms with E-state index in [2.05, 4.69) is 76.2 Å². The monoisotopic (exact) mass is 689 g/mol. The third-order valence-corrected chi connectivity index (χ3v) is 26.1. The number of ether oxygens (including phenoxy) is 2. The summed E-state index contributed by atoms with van der Waals surface area (Å²) in [6, 6.07) is 9.78. The number of carbonyl (C=O) groups is 1. The minimum atomic E-state index is -2.06. The third-order valence-electron chi connectivity index (χ3n) is 12.1. The van der Waals surface area contributed by atoms with Gasteiger partial charge >= 0.3 is 0 Å². The first-order valence-corrected chi connectivity index (χ1v) is 26.1. The summed E-state index contributed by atoms with van der Waals surface area (Å²) in [6.07, 6.45) is 0.839. The highest BCUT2D eigenvalue weighted by Crippen LogP contribution is 2.43. The lowest BCUT2D eigenvalue weighted by molar-refractivity contribution is -0.184. The molecule has 0 aromatic carbocycles. The number of epoxide rings is 1. The fraction of sp³-hybridized carbons (Fsp3) is 0.971. The Bertz CT molecular complexity index is 846. The SMILES string of the molecule is CC[Si](CC)(CC)O[C@@H]1[C@@H](C[C@@H]2O[C@H]2[C@H](C)[C@H](C)O[Si](CC)(CC)CC)CO[C@@H](CC(=O)N(C)OC)[C@H]1O[Si](CC)(CC)CC. The van der Waals surface area contributed by atoms with Gasteiger partial charge in [0.2, 0.25) is 5.91 Å². The molecule has 0 radical (unpaired) electrons. The first-order chi connectivity index (χ1) is 21.4. The Morgan fingerprint density at radius 3 is 1.67 bits per heavy atom. The van der Waals surface area contributed by atoms with Crippen LogP contribution in [-0.2, 0) is 32.4 Å². The molecule has 0 unspecified atom stereocenters. The number of hydrogen-bond donors (Lipinski definition) is 0. The number of amides is 1. The number of rotatable bonds is 22. The zero-order chi connectivity index (χ0) is 34.0. The Morgan fingerprint density at radius 1 is 0.756 bits per heavy atom. The van der Waals surface area contributed by atoms with Gasteiger partial charge in [0.1, 0.15) is 0 Å². The van der Waals surface area contributed by atoms with Crippen molar-refractivity contribution < 1.29 is 32.4 Å². The third kappa shape index (κ3) is 10.2. The molecule has 8 nitrogen and oxygen atoms in total. The van der Waals surface area contributed by atoms with Crippen LogP contribution in [0.25, 0.3) is 0 Å². The topological polar surface area (TPSA) is 79.0 Å². The zero-order valence-electron chi connectivity index (χ0n) is 31.4. The Balaban J connectivity index is 2.40. The average molecular weight is 690 g/mol. The van der Waals surface area contributed by atoms with E-state index in [1.54, 1.807) is 7.05 Å². The van der Waals surface area contributed by atoms with Crippen LogP contribution in [0.3, 0.4) is 0 Å². The van der Waals surface area contributed by atoms with E-state index in [0.717, 1.165) is 60.8 Å². The van der Waals surface area contributed by atoms with Crippen molar-refractivity contribution in [3.05, 3.63) is 0 Å². The first kappa shape index (κ1) is 41.1. The van der Waals surface area contributed by atoms with Gasteiger partial charge in [0.15, 0.2) is 25.0 Å². The van der Waals surface area contributed by atoms with Gasteiger partial charge in [-0.15, -0.1) is 0 Å². The Labute approximate surface area is 280 Å². The van der Waals surface area contributed by atoms with E-state index >= 15 is 0 Å². The van der Waals surface area contributed by atoms with Crippen LogP contribution in [0, 0.1) is 11.8 Å². The summed E-state index contributed by atoms with van der Waals surface area (Å²) in [4.78, 5) is 18.4. The summed E-state index contributed by atoms with van der Waals surface area (Å²) in [5.74, 6) is 0.367. The van der Waals surface area contributed by atoms with E-state index in [1.807, 2.05) is 0 Å². The van der Waals surface area contributed by atoms with Crippen LogP contribution in [0.2, 0.25) is 54.4 Å². The molecule has 2 heterocycles. The maximum atomic E-state index is 13.2. The van der Waals surface area contributed by atoms with Gasteiger partial charge in [0.05, 0.1) is 50.7 Å². The van der Waals surface area contributed by atoms with Crippen LogP contribution < -0.4 is 0 Å². The number of hydroxylamine groups is 2. The van der Waals surface area contributed by atoms with E-state index in [9.17, 15) is 4.79 Å². The van der Waals surface area contributed by atoms with Crippen LogP contribution in [0.5, 0.6) is 0 Å². The highest BCUT2D eigenvalue weighted by atomic mass is 28.4. The molecular weight excluding hydrogens is 619 g/mol. The molecule has 2 aliphatic heterocycles. The second kappa shape index (κ2) is 18.6. The van der Waals surface area contributed by atoms with Crippen molar-refractivity contribution in [2.75, 3.05) is 20.8 Å². The summed E-state index contributed by atoms with van der Waals surface area (Å²) < 4.78 is 34.7. The Hall–Kier alpha value is -0.119. The van der Waals surface area contributed by atoms with Gasteiger partial charge in [0.25, 0.3) is 0 Å². The maximum Gasteiger partial charge on any atom is 0.248 e. The van der Waals surface area contributed by atoms with Crippen molar-refractivity contribution in [3.8, 4) is 0 Å². The molecular formula is C34H71NO7Si3. The van der Waals surface area contributed by atoms with E-state index in [4.69, 9.17) is 27.6 Å². The first-order valence-electron chi connectivity index (χ1n) is 18.5. The number of hydrogen-bond acceptors (Lipinski definition) is 7. The van der Waals surface area contributed by atoms with Crippen molar-refractivity contribution in [1.82, 2.24) is 5.06 Å². The van der Waals surface area contributed by atoms with Crippen LogP contribution in [0.4, 0.5) is 0 Å². The molecule has 2 saturated heterocycles. The van der Waals surface area contributed by atoms with Crippen LogP contribution in [0.15, 0.2) is 0 Å². The van der Waals surface area contributed by atoms with Crippen molar-refractivity contribution in [2.45, 2.75) is 180 Å². The van der Waals surface area contributed by atoms with Crippen LogP contribution >= 0.6 is 0 Å². The Kier molecular flexibility index (Phi) is 17.0. The van der Waals surface area contributed by atoms with Gasteiger partial charge in [-0.25, -0.2) is 5.06 Å². The highest BCUT2D eigenvalue weighted by molar-refractivity contribution is 6.74.